The van der Waals surface area contributed by atoms with Crippen LogP contribution in [0.15, 0.2) is 29.9 Å². The van der Waals surface area contributed by atoms with Gasteiger partial charge in [-0.2, -0.15) is 0 Å². The number of hydrogen-bond acceptors (Lipinski definition) is 8. The van der Waals surface area contributed by atoms with Crippen molar-refractivity contribution >= 4 is 44.7 Å². The van der Waals surface area contributed by atoms with Gasteiger partial charge in [-0.1, -0.05) is 0 Å². The lowest BCUT2D eigenvalue weighted by atomic mass is 10.0. The van der Waals surface area contributed by atoms with E-state index in [9.17, 15) is 18.7 Å². The first kappa shape index (κ1) is 24.2. The van der Waals surface area contributed by atoms with Crippen LogP contribution < -0.4 is 16.0 Å². The van der Waals surface area contributed by atoms with Crippen LogP contribution in [0.5, 0.6) is 0 Å². The highest BCUT2D eigenvalue weighted by molar-refractivity contribution is 7.16. The first-order valence-electron chi connectivity index (χ1n) is 11.0. The monoisotopic (exact) mass is 491 g/mol. The molecule has 0 saturated carbocycles. The molecule has 0 spiro atoms. The first-order valence-corrected chi connectivity index (χ1v) is 11.9. The zero-order chi connectivity index (χ0) is 24.3. The molecule has 2 aromatic heterocycles. The summed E-state index contributed by atoms with van der Waals surface area (Å²) in [5, 5.41) is 18.6. The van der Waals surface area contributed by atoms with Crippen molar-refractivity contribution in [1.29, 1.82) is 0 Å². The van der Waals surface area contributed by atoms with Crippen molar-refractivity contribution in [3.63, 3.8) is 0 Å². The quantitative estimate of drug-likeness (QED) is 0.377. The number of amides is 1. The van der Waals surface area contributed by atoms with Crippen LogP contribution in [0.1, 0.15) is 37.0 Å². The second kappa shape index (κ2) is 10.2. The van der Waals surface area contributed by atoms with Gasteiger partial charge in [0.15, 0.2) is 0 Å². The Balaban J connectivity index is 1.57. The summed E-state index contributed by atoms with van der Waals surface area (Å²) in [4.78, 5) is 21.2. The molecule has 1 saturated heterocycles. The highest BCUT2D eigenvalue weighted by atomic mass is 32.1. The maximum Gasteiger partial charge on any atom is 0.255 e. The molecule has 1 atom stereocenters. The molecule has 11 heteroatoms. The highest BCUT2D eigenvalue weighted by Crippen LogP contribution is 2.29. The number of benzene rings is 1. The molecule has 0 radical (unpaired) electrons. The number of pyridine rings is 1. The number of ether oxygens (including phenoxy) is 1. The number of alkyl halides is 1. The summed E-state index contributed by atoms with van der Waals surface area (Å²) in [6.45, 7) is 3.54. The average molecular weight is 492 g/mol. The van der Waals surface area contributed by atoms with E-state index in [1.54, 1.807) is 17.6 Å². The van der Waals surface area contributed by atoms with Crippen molar-refractivity contribution in [3.8, 4) is 0 Å². The molecule has 1 aliphatic heterocycles. The van der Waals surface area contributed by atoms with Crippen LogP contribution in [0, 0.1) is 5.82 Å². The number of hydrogen-bond donors (Lipinski definition) is 4. The maximum absolute atomic E-state index is 14.6. The number of aromatic nitrogens is 2. The number of thiazole rings is 1. The van der Waals surface area contributed by atoms with E-state index in [1.807, 2.05) is 0 Å². The molecule has 8 nitrogen and oxygen atoms in total. The van der Waals surface area contributed by atoms with Crippen LogP contribution in [0.25, 0.3) is 10.2 Å². The molecule has 34 heavy (non-hydrogen) atoms. The van der Waals surface area contributed by atoms with Gasteiger partial charge in [0.25, 0.3) is 5.91 Å². The van der Waals surface area contributed by atoms with E-state index in [1.165, 1.54) is 37.4 Å². The van der Waals surface area contributed by atoms with Crippen molar-refractivity contribution in [2.24, 2.45) is 0 Å². The minimum Gasteiger partial charge on any atom is -0.387 e. The van der Waals surface area contributed by atoms with E-state index >= 15 is 0 Å². The number of carbonyl (C=O) groups is 1. The van der Waals surface area contributed by atoms with Gasteiger partial charge < -0.3 is 25.8 Å². The van der Waals surface area contributed by atoms with Crippen LogP contribution in [0.3, 0.4) is 0 Å². The minimum atomic E-state index is -1.64. The van der Waals surface area contributed by atoms with Crippen molar-refractivity contribution in [2.75, 3.05) is 30.4 Å². The average Bonchev–Trinajstić information content (AvgIpc) is 3.24. The SMILES string of the molecule is CC(C)(O)[C@H](F)CNC(=O)c1cnc(Nc2cc3scnc3cc2F)cc1NC1CCOCC1. The lowest BCUT2D eigenvalue weighted by Gasteiger charge is -2.26. The van der Waals surface area contributed by atoms with Gasteiger partial charge in [0.2, 0.25) is 0 Å². The Kier molecular flexibility index (Phi) is 7.24. The maximum atomic E-state index is 14.6. The summed E-state index contributed by atoms with van der Waals surface area (Å²) >= 11 is 1.40. The Hall–Kier alpha value is -2.89. The highest BCUT2D eigenvalue weighted by Gasteiger charge is 2.27. The van der Waals surface area contributed by atoms with E-state index in [-0.39, 0.29) is 23.8 Å². The van der Waals surface area contributed by atoms with E-state index in [2.05, 4.69) is 25.9 Å². The summed E-state index contributed by atoms with van der Waals surface area (Å²) in [6.07, 6.45) is 1.24. The zero-order valence-electron chi connectivity index (χ0n) is 18.9. The molecule has 1 aromatic carbocycles. The number of fused-ring (bicyclic) bond motifs is 1. The smallest absolute Gasteiger partial charge is 0.255 e. The number of aliphatic hydroxyl groups is 1. The molecule has 4 rings (SSSR count). The Morgan fingerprint density at radius 2 is 2.03 bits per heavy atom. The molecule has 3 heterocycles. The van der Waals surface area contributed by atoms with Crippen molar-refractivity contribution in [1.82, 2.24) is 15.3 Å². The normalized spacial score (nSPS) is 15.8. The molecule has 1 amide bonds. The fourth-order valence-corrected chi connectivity index (χ4v) is 4.22. The largest absolute Gasteiger partial charge is 0.387 e. The molecular formula is C23H27F2N5O3S. The Morgan fingerprint density at radius 1 is 1.26 bits per heavy atom. The van der Waals surface area contributed by atoms with Gasteiger partial charge in [-0.15, -0.1) is 11.3 Å². The molecule has 0 unspecified atom stereocenters. The Morgan fingerprint density at radius 3 is 2.76 bits per heavy atom. The van der Waals surface area contributed by atoms with Gasteiger partial charge in [-0.05, 0) is 32.8 Å². The van der Waals surface area contributed by atoms with E-state index in [4.69, 9.17) is 4.74 Å². The van der Waals surface area contributed by atoms with Crippen LogP contribution in [0.2, 0.25) is 0 Å². The zero-order valence-corrected chi connectivity index (χ0v) is 19.7. The summed E-state index contributed by atoms with van der Waals surface area (Å²) in [5.41, 5.74) is 1.59. The summed E-state index contributed by atoms with van der Waals surface area (Å²) < 4.78 is 34.9. The number of rotatable bonds is 8. The molecule has 3 aromatic rings. The summed E-state index contributed by atoms with van der Waals surface area (Å²) in [7, 11) is 0. The van der Waals surface area contributed by atoms with E-state index in [0.29, 0.717) is 30.2 Å². The predicted octanol–water partition coefficient (Wildman–Crippen LogP) is 4.00. The lowest BCUT2D eigenvalue weighted by molar-refractivity contribution is -0.00177. The molecule has 0 bridgehead atoms. The third-order valence-corrected chi connectivity index (χ3v) is 6.41. The van der Waals surface area contributed by atoms with Crippen LogP contribution in [0.4, 0.5) is 26.0 Å². The molecule has 1 fully saturated rings. The van der Waals surface area contributed by atoms with Crippen molar-refractivity contribution < 1.29 is 23.4 Å². The molecule has 4 N–H and O–H groups in total. The minimum absolute atomic E-state index is 0.0751. The fraction of sp³-hybridized carbons (Fsp3) is 0.435. The fourth-order valence-electron chi connectivity index (χ4n) is 3.53. The van der Waals surface area contributed by atoms with Crippen molar-refractivity contribution in [3.05, 3.63) is 41.3 Å². The number of carbonyl (C=O) groups excluding carboxylic acids is 1. The standard InChI is InChI=1S/C23H27F2N5O3S/c1-23(2,32)20(25)11-27-22(31)14-10-26-21(9-16(14)29-13-3-5-33-6-4-13)30-17-8-19-18(7-15(17)24)28-12-34-19/h7-10,12-13,20,32H,3-6,11H2,1-2H3,(H,27,31)(H2,26,29,30)/t20-/m1/s1. The van der Waals surface area contributed by atoms with Gasteiger partial charge in [-0.25, -0.2) is 18.7 Å². The second-order valence-corrected chi connectivity index (χ2v) is 9.64. The van der Waals surface area contributed by atoms with Crippen LogP contribution in [-0.4, -0.2) is 58.6 Å². The molecule has 1 aliphatic rings. The van der Waals surface area contributed by atoms with Gasteiger partial charge in [0, 0.05) is 37.6 Å². The number of halogens is 2. The molecule has 182 valence electrons. The lowest BCUT2D eigenvalue weighted by Crippen LogP contribution is -2.42. The summed E-state index contributed by atoms with van der Waals surface area (Å²) in [6, 6.07) is 4.72. The second-order valence-electron chi connectivity index (χ2n) is 8.75. The number of anilines is 3. The Labute approximate surface area is 199 Å². The first-order chi connectivity index (χ1) is 16.2. The number of nitrogens with one attached hydrogen (secondary N) is 3. The molecular weight excluding hydrogens is 464 g/mol. The topological polar surface area (TPSA) is 108 Å². The van der Waals surface area contributed by atoms with Gasteiger partial charge in [0.05, 0.1) is 44.8 Å². The molecule has 0 aliphatic carbocycles. The van der Waals surface area contributed by atoms with E-state index in [0.717, 1.165) is 17.5 Å². The van der Waals surface area contributed by atoms with Crippen LogP contribution >= 0.6 is 11.3 Å². The van der Waals surface area contributed by atoms with E-state index < -0.39 is 23.5 Å². The number of nitrogens with zero attached hydrogens (tertiary/aromatic N) is 2. The van der Waals surface area contributed by atoms with Gasteiger partial charge in [0.1, 0.15) is 17.8 Å². The summed E-state index contributed by atoms with van der Waals surface area (Å²) in [5.74, 6) is -0.659. The van der Waals surface area contributed by atoms with Crippen molar-refractivity contribution in [2.45, 2.75) is 44.5 Å². The third kappa shape index (κ3) is 5.78. The third-order valence-electron chi connectivity index (χ3n) is 5.62. The Bertz CT molecular complexity index is 1160. The van der Waals surface area contributed by atoms with Gasteiger partial charge >= 0.3 is 0 Å². The van der Waals surface area contributed by atoms with Crippen LogP contribution in [-0.2, 0) is 4.74 Å². The van der Waals surface area contributed by atoms with Gasteiger partial charge in [-0.3, -0.25) is 4.79 Å². The predicted molar refractivity (Wildman–Crippen MR) is 128 cm³/mol.